The van der Waals surface area contributed by atoms with Crippen LogP contribution in [0.25, 0.3) is 0 Å². The van der Waals surface area contributed by atoms with E-state index < -0.39 is 0 Å². The monoisotopic (exact) mass is 292 g/mol. The molecule has 104 valence electrons. The van der Waals surface area contributed by atoms with Crippen LogP contribution >= 0.6 is 11.8 Å². The normalized spacial score (nSPS) is 15.5. The lowest BCUT2D eigenvalue weighted by Crippen LogP contribution is -2.05. The predicted octanol–water partition coefficient (Wildman–Crippen LogP) is 3.28. The summed E-state index contributed by atoms with van der Waals surface area (Å²) in [6, 6.07) is 19.0. The van der Waals surface area contributed by atoms with Crippen LogP contribution in [0.4, 0.5) is 0 Å². The van der Waals surface area contributed by atoms with E-state index in [1.165, 1.54) is 11.1 Å². The number of benzene rings is 2. The number of rotatable bonds is 4. The van der Waals surface area contributed by atoms with Gasteiger partial charge in [-0.2, -0.15) is 22.0 Å². The van der Waals surface area contributed by atoms with Crippen LogP contribution in [0, 0.1) is 0 Å². The minimum atomic E-state index is 0.528. The molecule has 4 heteroatoms. The van der Waals surface area contributed by atoms with E-state index >= 15 is 0 Å². The first-order chi connectivity index (χ1) is 10.3. The van der Waals surface area contributed by atoms with Gasteiger partial charge in [0.05, 0.1) is 11.4 Å². The zero-order valence-electron chi connectivity index (χ0n) is 12.3. The summed E-state index contributed by atoms with van der Waals surface area (Å²) in [7, 11) is 2.23. The topological polar surface area (TPSA) is 24.7 Å². The largest absolute Gasteiger partial charge is 0.166 e. The van der Waals surface area contributed by atoms with E-state index in [1.807, 2.05) is 30.0 Å². The second kappa shape index (κ2) is 6.31. The highest BCUT2D eigenvalue weighted by Gasteiger charge is 2.16. The Morgan fingerprint density at radius 1 is 0.905 bits per heavy atom. The van der Waals surface area contributed by atoms with Crippen LogP contribution in [0.15, 0.2) is 64.8 Å². The van der Waals surface area contributed by atoms with Crippen LogP contribution in [-0.4, -0.2) is 25.5 Å². The Morgan fingerprint density at radius 2 is 1.48 bits per heavy atom. The molecule has 2 aromatic carbocycles. The van der Waals surface area contributed by atoms with Crippen molar-refractivity contribution >= 4 is 31.0 Å². The molecule has 1 aliphatic heterocycles. The molecule has 0 aromatic heterocycles. The molecule has 0 radical (unpaired) electrons. The minimum absolute atomic E-state index is 0.528. The molecule has 0 saturated heterocycles. The molecule has 0 aliphatic carbocycles. The van der Waals surface area contributed by atoms with Gasteiger partial charge in [0.15, 0.2) is 0 Å². The molecule has 0 amide bonds. The van der Waals surface area contributed by atoms with Crippen LogP contribution in [0.2, 0.25) is 0 Å². The van der Waals surface area contributed by atoms with Gasteiger partial charge in [-0.1, -0.05) is 54.6 Å². The number of hydrogen-bond donors (Lipinski definition) is 0. The highest BCUT2D eigenvalue weighted by molar-refractivity contribution is 7.99. The minimum Gasteiger partial charge on any atom is -0.166 e. The van der Waals surface area contributed by atoms with Crippen molar-refractivity contribution < 1.29 is 0 Å². The van der Waals surface area contributed by atoms with Crippen molar-refractivity contribution in [2.24, 2.45) is 10.2 Å². The van der Waals surface area contributed by atoms with Crippen LogP contribution < -0.4 is 0 Å². The third-order valence-corrected chi connectivity index (χ3v) is 4.78. The maximum atomic E-state index is 4.36. The Bertz CT molecular complexity index is 678. The summed E-state index contributed by atoms with van der Waals surface area (Å²) in [6.45, 7) is 0. The summed E-state index contributed by atoms with van der Waals surface area (Å²) < 4.78 is 0. The van der Waals surface area contributed by atoms with Gasteiger partial charge in [-0.15, -0.1) is 0 Å². The summed E-state index contributed by atoms with van der Waals surface area (Å²) in [6.07, 6.45) is 2.95. The quantitative estimate of drug-likeness (QED) is 0.794. The second-order valence-corrected chi connectivity index (χ2v) is 6.31. The third-order valence-electron chi connectivity index (χ3n) is 3.80. The summed E-state index contributed by atoms with van der Waals surface area (Å²) in [5, 5.41) is 9.22. The van der Waals surface area contributed by atoms with Gasteiger partial charge < -0.3 is 0 Å². The molecular weight excluding hydrogens is 275 g/mol. The van der Waals surface area contributed by atoms with E-state index in [2.05, 4.69) is 60.7 Å². The van der Waals surface area contributed by atoms with E-state index in [4.69, 9.17) is 0 Å². The number of thioether (sulfide) groups is 1. The van der Waals surface area contributed by atoms with Crippen molar-refractivity contribution in [2.45, 2.75) is 11.6 Å². The van der Waals surface area contributed by atoms with Crippen LogP contribution in [-0.2, 0) is 0 Å². The zero-order valence-corrected chi connectivity index (χ0v) is 13.1. The highest BCUT2D eigenvalue weighted by atomic mass is 32.2. The molecule has 0 N–H and O–H groups in total. The van der Waals surface area contributed by atoms with Crippen molar-refractivity contribution in [3.05, 3.63) is 71.3 Å². The molecule has 21 heavy (non-hydrogen) atoms. The van der Waals surface area contributed by atoms with E-state index in [-0.39, 0.29) is 0 Å². The molecule has 1 atom stereocenters. The van der Waals surface area contributed by atoms with Crippen molar-refractivity contribution in [3.8, 4) is 0 Å². The Kier molecular flexibility index (Phi) is 4.25. The first kappa shape index (κ1) is 14.1. The van der Waals surface area contributed by atoms with Gasteiger partial charge >= 0.3 is 0 Å². The lowest BCUT2D eigenvalue weighted by molar-refractivity contribution is 1.26. The fourth-order valence-electron chi connectivity index (χ4n) is 2.38. The number of nitrogens with zero attached hydrogens (tertiary/aromatic N) is 2. The van der Waals surface area contributed by atoms with Crippen LogP contribution in [0.5, 0.6) is 0 Å². The fraction of sp³-hybridized carbons (Fsp3) is 0.176. The molecule has 1 heterocycles. The summed E-state index contributed by atoms with van der Waals surface area (Å²) in [4.78, 5) is 0. The highest BCUT2D eigenvalue weighted by Crippen LogP contribution is 2.24. The maximum absolute atomic E-state index is 4.36. The lowest BCUT2D eigenvalue weighted by atomic mass is 9.94. The van der Waals surface area contributed by atoms with E-state index in [0.717, 1.165) is 23.4 Å². The Labute approximate surface area is 130 Å². The van der Waals surface area contributed by atoms with Crippen molar-refractivity contribution in [1.29, 1.82) is 0 Å². The predicted molar refractivity (Wildman–Crippen MR) is 95.4 cm³/mol. The molecular formula is C17H17BN2S. The standard InChI is InChI=1S/C17H17BN2S/c1-21-17(18)14-9-7-13(8-10-14)16-11-15(19-20-16)12-5-3-2-4-6-12/h2-10,17H,11,18H2,1H3. The first-order valence-corrected chi connectivity index (χ1v) is 8.38. The van der Waals surface area contributed by atoms with Gasteiger partial charge in [0, 0.05) is 6.42 Å². The van der Waals surface area contributed by atoms with Gasteiger partial charge in [0.25, 0.3) is 0 Å². The summed E-state index contributed by atoms with van der Waals surface area (Å²) in [5.74, 6) is 0. The SMILES string of the molecule is BC(SC)c1ccc(C2=NN=C(c3ccccc3)C2)cc1. The third kappa shape index (κ3) is 3.11. The van der Waals surface area contributed by atoms with E-state index in [9.17, 15) is 0 Å². The number of hydrogen-bond acceptors (Lipinski definition) is 3. The van der Waals surface area contributed by atoms with E-state index in [1.54, 1.807) is 0 Å². The van der Waals surface area contributed by atoms with Gasteiger partial charge in [-0.3, -0.25) is 0 Å². The smallest absolute Gasteiger partial charge is 0.124 e. The molecule has 1 unspecified atom stereocenters. The maximum Gasteiger partial charge on any atom is 0.124 e. The van der Waals surface area contributed by atoms with Crippen LogP contribution in [0.1, 0.15) is 28.3 Å². The fourth-order valence-corrected chi connectivity index (χ4v) is 2.81. The Hall–Kier alpha value is -1.81. The molecule has 2 aromatic rings. The zero-order chi connectivity index (χ0) is 14.7. The Balaban J connectivity index is 1.73. The average Bonchev–Trinajstić information content (AvgIpc) is 3.05. The first-order valence-electron chi connectivity index (χ1n) is 7.10. The molecule has 0 saturated carbocycles. The van der Waals surface area contributed by atoms with E-state index in [0.29, 0.717) is 5.15 Å². The second-order valence-electron chi connectivity index (χ2n) is 5.14. The van der Waals surface area contributed by atoms with Gasteiger partial charge in [0.2, 0.25) is 0 Å². The Morgan fingerprint density at radius 3 is 2.05 bits per heavy atom. The lowest BCUT2D eigenvalue weighted by Gasteiger charge is -2.09. The molecule has 2 nitrogen and oxygen atoms in total. The van der Waals surface area contributed by atoms with Crippen LogP contribution in [0.3, 0.4) is 0 Å². The molecule has 0 spiro atoms. The van der Waals surface area contributed by atoms with Gasteiger partial charge in [-0.05, 0) is 28.1 Å². The summed E-state index contributed by atoms with van der Waals surface area (Å²) in [5.41, 5.74) is 5.78. The van der Waals surface area contributed by atoms with Gasteiger partial charge in [0.1, 0.15) is 7.85 Å². The van der Waals surface area contributed by atoms with Crippen molar-refractivity contribution in [1.82, 2.24) is 0 Å². The average molecular weight is 292 g/mol. The van der Waals surface area contributed by atoms with Crippen molar-refractivity contribution in [3.63, 3.8) is 0 Å². The van der Waals surface area contributed by atoms with Crippen molar-refractivity contribution in [2.75, 3.05) is 6.26 Å². The molecule has 1 aliphatic rings. The molecule has 0 fully saturated rings. The summed E-state index contributed by atoms with van der Waals surface area (Å²) >= 11 is 1.86. The van der Waals surface area contributed by atoms with Gasteiger partial charge in [-0.25, -0.2) is 0 Å². The molecule has 3 rings (SSSR count). The molecule has 0 bridgehead atoms.